The molecule has 0 unspecified atom stereocenters. The first-order valence-corrected chi connectivity index (χ1v) is 7.97. The number of Topliss-reactive ketones (excluding diaryl/α,β-unsaturated/α-hetero) is 1. The van der Waals surface area contributed by atoms with Crippen molar-refractivity contribution in [3.8, 4) is 0 Å². The van der Waals surface area contributed by atoms with Gasteiger partial charge in [-0.05, 0) is 29.1 Å². The molecule has 132 valence electrons. The van der Waals surface area contributed by atoms with Crippen LogP contribution in [0.4, 0.5) is 18.0 Å². The summed E-state index contributed by atoms with van der Waals surface area (Å²) in [5.41, 5.74) is -3.48. The lowest BCUT2D eigenvalue weighted by Gasteiger charge is -2.44. The minimum Gasteiger partial charge on any atom is -0.363 e. The van der Waals surface area contributed by atoms with Crippen LogP contribution in [0.3, 0.4) is 0 Å². The minimum atomic E-state index is -5.26. The number of nitrogens with zero attached hydrogens (tertiary/aromatic N) is 1. The topological polar surface area (TPSA) is 91.3 Å². The highest BCUT2D eigenvalue weighted by Gasteiger charge is 2.66. The molecule has 1 aliphatic heterocycles. The van der Waals surface area contributed by atoms with Gasteiger partial charge in [-0.3, -0.25) is 9.78 Å². The van der Waals surface area contributed by atoms with Crippen LogP contribution in [0.25, 0.3) is 0 Å². The SMILES string of the molecule is O=C1N[C@H](c2ccncc2)[C@H](C(=O)c2cccs2)[C@](O)(C(F)(F)F)N1. The molecule has 10 heteroatoms. The van der Waals surface area contributed by atoms with Crippen molar-refractivity contribution in [3.05, 3.63) is 52.5 Å². The fraction of sp³-hybridized carbons (Fsp3) is 0.267. The molecule has 1 fully saturated rings. The van der Waals surface area contributed by atoms with E-state index < -0.39 is 35.7 Å². The van der Waals surface area contributed by atoms with Crippen molar-refractivity contribution in [1.82, 2.24) is 15.6 Å². The molecule has 1 saturated heterocycles. The van der Waals surface area contributed by atoms with Crippen LogP contribution < -0.4 is 10.6 Å². The molecule has 0 saturated carbocycles. The molecule has 3 heterocycles. The third-order valence-electron chi connectivity index (χ3n) is 3.92. The fourth-order valence-electron chi connectivity index (χ4n) is 2.76. The van der Waals surface area contributed by atoms with Crippen LogP contribution in [0.2, 0.25) is 0 Å². The molecule has 0 aromatic carbocycles. The lowest BCUT2D eigenvalue weighted by molar-refractivity contribution is -0.287. The van der Waals surface area contributed by atoms with Crippen molar-refractivity contribution >= 4 is 23.2 Å². The zero-order chi connectivity index (χ0) is 18.2. The fourth-order valence-corrected chi connectivity index (χ4v) is 3.46. The van der Waals surface area contributed by atoms with E-state index in [2.05, 4.69) is 10.3 Å². The number of urea groups is 1. The molecular formula is C15H12F3N3O3S. The Bertz CT molecular complexity index is 782. The quantitative estimate of drug-likeness (QED) is 0.722. The Kier molecular flexibility index (Phi) is 4.25. The summed E-state index contributed by atoms with van der Waals surface area (Å²) in [5, 5.41) is 15.6. The summed E-state index contributed by atoms with van der Waals surface area (Å²) in [6.45, 7) is 0. The first-order valence-electron chi connectivity index (χ1n) is 7.09. The smallest absolute Gasteiger partial charge is 0.363 e. The van der Waals surface area contributed by atoms with E-state index in [1.807, 2.05) is 0 Å². The van der Waals surface area contributed by atoms with Gasteiger partial charge in [0.1, 0.15) is 5.92 Å². The van der Waals surface area contributed by atoms with Crippen molar-refractivity contribution in [2.24, 2.45) is 5.92 Å². The Hall–Kier alpha value is -2.46. The number of aromatic nitrogens is 1. The molecule has 25 heavy (non-hydrogen) atoms. The van der Waals surface area contributed by atoms with Gasteiger partial charge in [-0.1, -0.05) is 6.07 Å². The number of hydrogen-bond donors (Lipinski definition) is 3. The number of aliphatic hydroxyl groups is 1. The van der Waals surface area contributed by atoms with Crippen LogP contribution in [0.15, 0.2) is 42.0 Å². The number of amides is 2. The van der Waals surface area contributed by atoms with Crippen LogP contribution in [0, 0.1) is 5.92 Å². The number of carbonyl (C=O) groups is 2. The molecule has 0 radical (unpaired) electrons. The van der Waals surface area contributed by atoms with E-state index in [4.69, 9.17) is 0 Å². The standard InChI is InChI=1S/C15H12F3N3O3S/c16-15(17,18)14(24)10(12(22)9-2-1-7-25-9)11(20-13(23)21-14)8-3-5-19-6-4-8/h1-7,10-11,24H,(H2,20,21,23)/t10-,11-,14+/m1/s1. The van der Waals surface area contributed by atoms with Crippen molar-refractivity contribution in [3.63, 3.8) is 0 Å². The number of pyridine rings is 1. The Morgan fingerprint density at radius 1 is 1.28 bits per heavy atom. The summed E-state index contributed by atoms with van der Waals surface area (Å²) in [6.07, 6.45) is -2.61. The predicted molar refractivity (Wildman–Crippen MR) is 81.8 cm³/mol. The predicted octanol–water partition coefficient (Wildman–Crippen LogP) is 2.25. The Morgan fingerprint density at radius 3 is 2.52 bits per heavy atom. The van der Waals surface area contributed by atoms with E-state index in [9.17, 15) is 27.9 Å². The second-order valence-corrected chi connectivity index (χ2v) is 6.39. The average Bonchev–Trinajstić information content (AvgIpc) is 3.08. The zero-order valence-electron chi connectivity index (χ0n) is 12.4. The molecule has 0 spiro atoms. The molecule has 2 aromatic heterocycles. The molecule has 3 N–H and O–H groups in total. The van der Waals surface area contributed by atoms with Gasteiger partial charge >= 0.3 is 12.2 Å². The van der Waals surface area contributed by atoms with Crippen LogP contribution >= 0.6 is 11.3 Å². The largest absolute Gasteiger partial charge is 0.437 e. The highest BCUT2D eigenvalue weighted by Crippen LogP contribution is 2.44. The molecule has 3 atom stereocenters. The van der Waals surface area contributed by atoms with E-state index in [-0.39, 0.29) is 10.4 Å². The van der Waals surface area contributed by atoms with Gasteiger partial charge in [-0.2, -0.15) is 13.2 Å². The van der Waals surface area contributed by atoms with E-state index in [0.29, 0.717) is 0 Å². The molecule has 2 aromatic rings. The van der Waals surface area contributed by atoms with Crippen LogP contribution in [0.1, 0.15) is 21.3 Å². The maximum Gasteiger partial charge on any atom is 0.437 e. The van der Waals surface area contributed by atoms with E-state index in [1.165, 1.54) is 47.4 Å². The van der Waals surface area contributed by atoms with E-state index >= 15 is 0 Å². The summed E-state index contributed by atoms with van der Waals surface area (Å²) in [6, 6.07) is 3.03. The second-order valence-electron chi connectivity index (χ2n) is 5.44. The number of hydrogen-bond acceptors (Lipinski definition) is 5. The maximum absolute atomic E-state index is 13.6. The van der Waals surface area contributed by atoms with E-state index in [1.54, 1.807) is 0 Å². The number of alkyl halides is 3. The number of halogens is 3. The molecule has 2 amide bonds. The van der Waals surface area contributed by atoms with Gasteiger partial charge in [0.2, 0.25) is 5.72 Å². The second kappa shape index (κ2) is 6.12. The van der Waals surface area contributed by atoms with Gasteiger partial charge in [-0.15, -0.1) is 11.3 Å². The lowest BCUT2D eigenvalue weighted by atomic mass is 9.79. The molecular weight excluding hydrogens is 359 g/mol. The van der Waals surface area contributed by atoms with Gasteiger partial charge in [0.15, 0.2) is 5.78 Å². The molecule has 1 aliphatic rings. The number of ketones is 1. The molecule has 0 aliphatic carbocycles. The first-order chi connectivity index (χ1) is 11.7. The number of nitrogens with one attached hydrogen (secondary N) is 2. The minimum absolute atomic E-state index is 0.0460. The first kappa shape index (κ1) is 17.4. The van der Waals surface area contributed by atoms with Gasteiger partial charge in [-0.25, -0.2) is 4.79 Å². The summed E-state index contributed by atoms with van der Waals surface area (Å²) >= 11 is 0.953. The summed E-state index contributed by atoms with van der Waals surface area (Å²) in [4.78, 5) is 28.3. The Morgan fingerprint density at radius 2 is 1.96 bits per heavy atom. The number of carbonyl (C=O) groups excluding carboxylic acids is 2. The van der Waals surface area contributed by atoms with Crippen molar-refractivity contribution in [2.75, 3.05) is 0 Å². The summed E-state index contributed by atoms with van der Waals surface area (Å²) in [5.74, 6) is -2.93. The van der Waals surface area contributed by atoms with Gasteiger partial charge in [0.05, 0.1) is 10.9 Å². The lowest BCUT2D eigenvalue weighted by Crippen LogP contribution is -2.72. The molecule has 6 nitrogen and oxygen atoms in total. The highest BCUT2D eigenvalue weighted by atomic mass is 32.1. The van der Waals surface area contributed by atoms with Gasteiger partial charge in [0.25, 0.3) is 0 Å². The Labute approximate surface area is 143 Å². The van der Waals surface area contributed by atoms with Crippen LogP contribution in [-0.2, 0) is 0 Å². The normalized spacial score (nSPS) is 26.6. The maximum atomic E-state index is 13.6. The average molecular weight is 371 g/mol. The number of thiophene rings is 1. The molecule has 0 bridgehead atoms. The zero-order valence-corrected chi connectivity index (χ0v) is 13.3. The summed E-state index contributed by atoms with van der Waals surface area (Å²) < 4.78 is 40.8. The van der Waals surface area contributed by atoms with Crippen molar-refractivity contribution in [1.29, 1.82) is 0 Å². The highest BCUT2D eigenvalue weighted by molar-refractivity contribution is 7.12. The van der Waals surface area contributed by atoms with Gasteiger partial charge < -0.3 is 15.7 Å². The summed E-state index contributed by atoms with van der Waals surface area (Å²) in [7, 11) is 0. The monoisotopic (exact) mass is 371 g/mol. The van der Waals surface area contributed by atoms with Gasteiger partial charge in [0, 0.05) is 12.4 Å². The van der Waals surface area contributed by atoms with Crippen molar-refractivity contribution in [2.45, 2.75) is 17.9 Å². The van der Waals surface area contributed by atoms with E-state index in [0.717, 1.165) is 11.3 Å². The Balaban J connectivity index is 2.15. The molecule has 3 rings (SSSR count). The third-order valence-corrected chi connectivity index (χ3v) is 4.80. The number of rotatable bonds is 3. The van der Waals surface area contributed by atoms with Crippen LogP contribution in [-0.4, -0.2) is 33.8 Å². The third kappa shape index (κ3) is 2.98. The van der Waals surface area contributed by atoms with Crippen LogP contribution in [0.5, 0.6) is 0 Å². The van der Waals surface area contributed by atoms with Crippen molar-refractivity contribution < 1.29 is 27.9 Å².